The molecule has 3 amide bonds. The van der Waals surface area contributed by atoms with Gasteiger partial charge in [0, 0.05) is 11.1 Å². The quantitative estimate of drug-likeness (QED) is 0.188. The molecule has 1 aliphatic rings. The van der Waals surface area contributed by atoms with Crippen molar-refractivity contribution < 1.29 is 54.2 Å². The molecule has 0 atom stereocenters. The second-order valence-corrected chi connectivity index (χ2v) is 10.8. The molecule has 2 heterocycles. The van der Waals surface area contributed by atoms with E-state index in [4.69, 9.17) is 4.74 Å². The summed E-state index contributed by atoms with van der Waals surface area (Å²) in [7, 11) is 0. The van der Waals surface area contributed by atoms with E-state index in [1.54, 1.807) is 6.92 Å². The van der Waals surface area contributed by atoms with Crippen molar-refractivity contribution >= 4 is 40.2 Å². The van der Waals surface area contributed by atoms with Crippen molar-refractivity contribution in [2.75, 3.05) is 22.6 Å². The Morgan fingerprint density at radius 1 is 1.04 bits per heavy atom. The number of amides is 3. The minimum absolute atomic E-state index is 0.0242. The number of urea groups is 1. The fourth-order valence-electron chi connectivity index (χ4n) is 4.31. The molecule has 4 aromatic rings. The van der Waals surface area contributed by atoms with Gasteiger partial charge in [-0.3, -0.25) is 9.69 Å². The van der Waals surface area contributed by atoms with Crippen LogP contribution >= 0.6 is 11.8 Å². The molecule has 3 aromatic carbocycles. The molecule has 0 unspecified atom stereocenters. The Morgan fingerprint density at radius 2 is 1.77 bits per heavy atom. The predicted molar refractivity (Wildman–Crippen MR) is 158 cm³/mol. The summed E-state index contributed by atoms with van der Waals surface area (Å²) >= 11 is 0.808. The zero-order chi connectivity index (χ0) is 34.8. The monoisotopic (exact) mass is 700 g/mol. The number of alkyl halides is 8. The normalized spacial score (nSPS) is 14.6. The Labute approximate surface area is 269 Å². The zero-order valence-electron chi connectivity index (χ0n) is 24.1. The van der Waals surface area contributed by atoms with Crippen LogP contribution in [0, 0.1) is 6.92 Å². The Balaban J connectivity index is 1.35. The van der Waals surface area contributed by atoms with Crippen molar-refractivity contribution in [1.29, 1.82) is 0 Å². The number of thioether (sulfide) groups is 1. The van der Waals surface area contributed by atoms with E-state index in [9.17, 15) is 44.7 Å². The molecule has 48 heavy (non-hydrogen) atoms. The zero-order valence-corrected chi connectivity index (χ0v) is 25.0. The Morgan fingerprint density at radius 3 is 2.44 bits per heavy atom. The summed E-state index contributed by atoms with van der Waals surface area (Å²) in [5, 5.41) is 6.19. The number of nitrogens with one attached hydrogen (secondary N) is 1. The summed E-state index contributed by atoms with van der Waals surface area (Å²) in [5.74, 6) is -1.59. The number of nitrogens with zero attached hydrogens (tertiary/aromatic N) is 5. The number of hydrogen-bond acceptors (Lipinski definition) is 7. The minimum atomic E-state index is -4.87. The van der Waals surface area contributed by atoms with Crippen LogP contribution in [0.3, 0.4) is 0 Å². The van der Waals surface area contributed by atoms with Gasteiger partial charge in [0.2, 0.25) is 5.91 Å². The molecule has 0 saturated carbocycles. The number of hydrogen-bond donors (Lipinski definition) is 1. The van der Waals surface area contributed by atoms with Crippen LogP contribution in [0.4, 0.5) is 51.3 Å². The number of halogens is 8. The summed E-state index contributed by atoms with van der Waals surface area (Å²) in [5.41, 5.74) is -0.0991. The minimum Gasteiger partial charge on any atom is -0.482 e. The van der Waals surface area contributed by atoms with Gasteiger partial charge in [-0.2, -0.15) is 18.2 Å². The largest absolute Gasteiger partial charge is 0.573 e. The van der Waals surface area contributed by atoms with E-state index in [0.29, 0.717) is 11.3 Å². The van der Waals surface area contributed by atoms with Gasteiger partial charge in [0.1, 0.15) is 17.8 Å². The molecule has 0 bridgehead atoms. The van der Waals surface area contributed by atoms with Gasteiger partial charge in [-0.1, -0.05) is 17.8 Å². The topological polar surface area (TPSA) is 111 Å². The molecule has 1 fully saturated rings. The number of amidine groups is 1. The van der Waals surface area contributed by atoms with Gasteiger partial charge in [0.15, 0.2) is 17.6 Å². The van der Waals surface area contributed by atoms with Crippen LogP contribution in [0.15, 0.2) is 72.0 Å². The van der Waals surface area contributed by atoms with Crippen molar-refractivity contribution in [2.45, 2.75) is 25.9 Å². The summed E-state index contributed by atoms with van der Waals surface area (Å²) in [6.07, 6.45) is -11.4. The van der Waals surface area contributed by atoms with Crippen LogP contribution in [0.1, 0.15) is 17.6 Å². The molecule has 1 aromatic heterocycles. The molecule has 252 valence electrons. The lowest BCUT2D eigenvalue weighted by Gasteiger charge is -2.21. The van der Waals surface area contributed by atoms with Gasteiger partial charge >= 0.3 is 18.6 Å². The highest BCUT2D eigenvalue weighted by Gasteiger charge is 2.35. The molecule has 19 heteroatoms. The van der Waals surface area contributed by atoms with Crippen molar-refractivity contribution in [3.05, 3.63) is 78.1 Å². The highest BCUT2D eigenvalue weighted by Crippen LogP contribution is 2.37. The third-order valence-corrected chi connectivity index (χ3v) is 7.25. The third kappa shape index (κ3) is 8.38. The number of aryl methyl sites for hydroxylation is 1. The Kier molecular flexibility index (Phi) is 9.60. The number of rotatable bonds is 8. The van der Waals surface area contributed by atoms with Crippen molar-refractivity contribution in [3.63, 3.8) is 0 Å². The lowest BCUT2D eigenvalue weighted by molar-refractivity contribution is -0.274. The van der Waals surface area contributed by atoms with Crippen LogP contribution in [0.5, 0.6) is 11.5 Å². The van der Waals surface area contributed by atoms with E-state index in [0.717, 1.165) is 40.9 Å². The van der Waals surface area contributed by atoms with Gasteiger partial charge in [-0.15, -0.1) is 18.3 Å². The van der Waals surface area contributed by atoms with Crippen LogP contribution in [0.25, 0.3) is 17.1 Å². The first-order valence-electron chi connectivity index (χ1n) is 13.4. The molecule has 0 aliphatic carbocycles. The standard InChI is InChI=1S/C29H20F8N6O4S/c1-15-2-9-22(46-13-28(32,33)34)21(10-15)43-23(44)12-48-27(43)40-26(45)39-20-8-3-16(11-19(20)24(30)31)25-38-14-42(41-25)17-4-6-18(7-5-17)47-29(35,36)37/h2-11,14,24H,12-13H2,1H3,(H,39,45). The van der Waals surface area contributed by atoms with Gasteiger partial charge in [-0.05, 0) is 67.1 Å². The van der Waals surface area contributed by atoms with E-state index < -0.39 is 48.8 Å². The predicted octanol–water partition coefficient (Wildman–Crippen LogP) is 7.69. The second kappa shape index (κ2) is 13.5. The fourth-order valence-corrected chi connectivity index (χ4v) is 5.17. The maximum absolute atomic E-state index is 14.1. The number of ether oxygens (including phenoxy) is 2. The SMILES string of the molecule is Cc1ccc(OCC(F)(F)F)c(N2C(=O)CSC2=NC(=O)Nc2ccc(-c3ncn(-c4ccc(OC(F)(F)F)cc4)n3)cc2C(F)F)c1. The van der Waals surface area contributed by atoms with E-state index in [-0.39, 0.29) is 39.4 Å². The molecule has 5 rings (SSSR count). The first-order valence-corrected chi connectivity index (χ1v) is 14.4. The summed E-state index contributed by atoms with van der Waals surface area (Å²) in [6.45, 7) is -0.0145. The molecule has 10 nitrogen and oxygen atoms in total. The van der Waals surface area contributed by atoms with Gasteiger partial charge in [-0.25, -0.2) is 23.2 Å². The Bertz CT molecular complexity index is 1860. The van der Waals surface area contributed by atoms with Gasteiger partial charge < -0.3 is 14.8 Å². The summed E-state index contributed by atoms with van der Waals surface area (Å²) in [6, 6.07) is 11.1. The number of aliphatic imine (C=N–C) groups is 1. The van der Waals surface area contributed by atoms with E-state index in [2.05, 4.69) is 25.1 Å². The maximum atomic E-state index is 14.1. The Hall–Kier alpha value is -5.20. The maximum Gasteiger partial charge on any atom is 0.573 e. The van der Waals surface area contributed by atoms with Crippen LogP contribution in [-0.2, 0) is 4.79 Å². The van der Waals surface area contributed by atoms with Crippen LogP contribution in [0.2, 0.25) is 0 Å². The van der Waals surface area contributed by atoms with Crippen molar-refractivity contribution in [2.24, 2.45) is 4.99 Å². The number of carbonyl (C=O) groups is 2. The fraction of sp³-hybridized carbons (Fsp3) is 0.207. The van der Waals surface area contributed by atoms with E-state index in [1.807, 2.05) is 0 Å². The van der Waals surface area contributed by atoms with Gasteiger partial charge in [0.05, 0.1) is 22.8 Å². The average molecular weight is 701 g/mol. The third-order valence-electron chi connectivity index (χ3n) is 6.32. The highest BCUT2D eigenvalue weighted by atomic mass is 32.2. The molecule has 1 aliphatic heterocycles. The average Bonchev–Trinajstić information content (AvgIpc) is 3.63. The molecule has 1 N–H and O–H groups in total. The number of aromatic nitrogens is 3. The van der Waals surface area contributed by atoms with Crippen LogP contribution < -0.4 is 19.7 Å². The molecular weight excluding hydrogens is 680 g/mol. The number of anilines is 2. The van der Waals surface area contributed by atoms with Crippen molar-refractivity contribution in [1.82, 2.24) is 14.8 Å². The van der Waals surface area contributed by atoms with Crippen LogP contribution in [-0.4, -0.2) is 56.8 Å². The lowest BCUT2D eigenvalue weighted by Crippen LogP contribution is -2.31. The summed E-state index contributed by atoms with van der Waals surface area (Å²) in [4.78, 5) is 34.4. The summed E-state index contributed by atoms with van der Waals surface area (Å²) < 4.78 is 114. The first-order chi connectivity index (χ1) is 22.6. The van der Waals surface area contributed by atoms with E-state index in [1.165, 1.54) is 47.4 Å². The smallest absolute Gasteiger partial charge is 0.482 e. The molecule has 0 radical (unpaired) electrons. The van der Waals surface area contributed by atoms with Gasteiger partial charge in [0.25, 0.3) is 6.43 Å². The van der Waals surface area contributed by atoms with E-state index >= 15 is 0 Å². The molecular formula is C29H20F8N6O4S. The number of carbonyl (C=O) groups excluding carboxylic acids is 2. The molecule has 0 spiro atoms. The second-order valence-electron chi connectivity index (χ2n) is 9.87. The highest BCUT2D eigenvalue weighted by molar-refractivity contribution is 8.15. The molecule has 1 saturated heterocycles. The lowest BCUT2D eigenvalue weighted by atomic mass is 10.1. The first kappa shape index (κ1) is 34.1. The number of benzene rings is 3. The van der Waals surface area contributed by atoms with Crippen molar-refractivity contribution in [3.8, 4) is 28.6 Å².